The molecule has 0 unspecified atom stereocenters. The van der Waals surface area contributed by atoms with E-state index in [1.165, 1.54) is 12.1 Å². The van der Waals surface area contributed by atoms with Crippen molar-refractivity contribution in [1.82, 2.24) is 4.90 Å². The minimum Gasteiger partial charge on any atom is -0.378 e. The van der Waals surface area contributed by atoms with Crippen LogP contribution in [0.5, 0.6) is 0 Å². The van der Waals surface area contributed by atoms with Gasteiger partial charge in [0, 0.05) is 24.3 Å². The SMILES string of the molecule is O=C(Nc1ccc(C(=O)N2CCOCC2)cc1)c1ccc(F)cc1Cl. The number of hydrogen-bond donors (Lipinski definition) is 1. The summed E-state index contributed by atoms with van der Waals surface area (Å²) in [6.45, 7) is 2.22. The first-order chi connectivity index (χ1) is 12.0. The van der Waals surface area contributed by atoms with Crippen molar-refractivity contribution in [2.45, 2.75) is 0 Å². The average molecular weight is 363 g/mol. The fourth-order valence-corrected chi connectivity index (χ4v) is 2.77. The van der Waals surface area contributed by atoms with Crippen LogP contribution in [0, 0.1) is 5.82 Å². The number of rotatable bonds is 3. The lowest BCUT2D eigenvalue weighted by molar-refractivity contribution is 0.0303. The summed E-state index contributed by atoms with van der Waals surface area (Å²) in [5.74, 6) is -1.02. The predicted octanol–water partition coefficient (Wildman–Crippen LogP) is 3.20. The molecule has 2 aromatic rings. The summed E-state index contributed by atoms with van der Waals surface area (Å²) in [6.07, 6.45) is 0. The zero-order chi connectivity index (χ0) is 17.8. The Morgan fingerprint density at radius 1 is 1.08 bits per heavy atom. The number of morpholine rings is 1. The summed E-state index contributed by atoms with van der Waals surface area (Å²) < 4.78 is 18.3. The van der Waals surface area contributed by atoms with Gasteiger partial charge in [-0.3, -0.25) is 9.59 Å². The summed E-state index contributed by atoms with van der Waals surface area (Å²) in [6, 6.07) is 10.2. The summed E-state index contributed by atoms with van der Waals surface area (Å²) in [5.41, 5.74) is 1.24. The van der Waals surface area contributed by atoms with E-state index in [1.54, 1.807) is 29.2 Å². The van der Waals surface area contributed by atoms with Gasteiger partial charge >= 0.3 is 0 Å². The lowest BCUT2D eigenvalue weighted by Gasteiger charge is -2.26. The van der Waals surface area contributed by atoms with Gasteiger partial charge in [-0.15, -0.1) is 0 Å². The summed E-state index contributed by atoms with van der Waals surface area (Å²) >= 11 is 5.88. The molecule has 25 heavy (non-hydrogen) atoms. The molecule has 1 aliphatic rings. The number of benzene rings is 2. The molecular weight excluding hydrogens is 347 g/mol. The van der Waals surface area contributed by atoms with Crippen LogP contribution in [0.15, 0.2) is 42.5 Å². The summed E-state index contributed by atoms with van der Waals surface area (Å²) in [4.78, 5) is 26.3. The average Bonchev–Trinajstić information content (AvgIpc) is 2.62. The second-order valence-electron chi connectivity index (χ2n) is 5.56. The molecule has 1 aliphatic heterocycles. The normalized spacial score (nSPS) is 14.2. The zero-order valence-corrected chi connectivity index (χ0v) is 14.1. The smallest absolute Gasteiger partial charge is 0.257 e. The molecule has 0 aromatic heterocycles. The van der Waals surface area contributed by atoms with Gasteiger partial charge in [0.05, 0.1) is 23.8 Å². The van der Waals surface area contributed by atoms with Crippen molar-refractivity contribution in [2.24, 2.45) is 0 Å². The van der Waals surface area contributed by atoms with Gasteiger partial charge in [-0.2, -0.15) is 0 Å². The van der Waals surface area contributed by atoms with Crippen molar-refractivity contribution in [1.29, 1.82) is 0 Å². The van der Waals surface area contributed by atoms with Crippen LogP contribution in [0.2, 0.25) is 5.02 Å². The zero-order valence-electron chi connectivity index (χ0n) is 13.3. The van der Waals surface area contributed by atoms with Crippen LogP contribution >= 0.6 is 11.6 Å². The van der Waals surface area contributed by atoms with E-state index in [9.17, 15) is 14.0 Å². The molecule has 2 aromatic carbocycles. The standard InChI is InChI=1S/C18H16ClFN2O3/c19-16-11-13(20)3-6-15(16)17(23)21-14-4-1-12(2-5-14)18(24)22-7-9-25-10-8-22/h1-6,11H,7-10H2,(H,21,23). The molecule has 0 atom stereocenters. The summed E-state index contributed by atoms with van der Waals surface area (Å²) in [5, 5.41) is 2.71. The first kappa shape index (κ1) is 17.4. The molecule has 2 amide bonds. The van der Waals surface area contributed by atoms with Gasteiger partial charge in [0.1, 0.15) is 5.82 Å². The number of hydrogen-bond acceptors (Lipinski definition) is 3. The Bertz CT molecular complexity index is 789. The van der Waals surface area contributed by atoms with Gasteiger partial charge in [-0.05, 0) is 42.5 Å². The topological polar surface area (TPSA) is 58.6 Å². The predicted molar refractivity (Wildman–Crippen MR) is 92.5 cm³/mol. The fourth-order valence-electron chi connectivity index (χ4n) is 2.52. The highest BCUT2D eigenvalue weighted by atomic mass is 35.5. The quantitative estimate of drug-likeness (QED) is 0.912. The van der Waals surface area contributed by atoms with Gasteiger partial charge < -0.3 is 15.0 Å². The molecule has 0 saturated carbocycles. The van der Waals surface area contributed by atoms with Crippen LogP contribution in [-0.2, 0) is 4.74 Å². The molecule has 130 valence electrons. The molecular formula is C18H16ClFN2O3. The number of amides is 2. The maximum Gasteiger partial charge on any atom is 0.257 e. The highest BCUT2D eigenvalue weighted by Gasteiger charge is 2.18. The van der Waals surface area contributed by atoms with E-state index in [4.69, 9.17) is 16.3 Å². The number of ether oxygens (including phenoxy) is 1. The van der Waals surface area contributed by atoms with E-state index in [0.717, 1.165) is 6.07 Å². The minimum absolute atomic E-state index is 0.0385. The largest absolute Gasteiger partial charge is 0.378 e. The van der Waals surface area contributed by atoms with E-state index < -0.39 is 11.7 Å². The highest BCUT2D eigenvalue weighted by Crippen LogP contribution is 2.19. The van der Waals surface area contributed by atoms with Crippen molar-refractivity contribution in [3.63, 3.8) is 0 Å². The molecule has 0 aliphatic carbocycles. The Labute approximate surface area is 149 Å². The number of nitrogens with zero attached hydrogens (tertiary/aromatic N) is 1. The van der Waals surface area contributed by atoms with Crippen LogP contribution in [0.1, 0.15) is 20.7 Å². The Kier molecular flexibility index (Phi) is 5.31. The number of nitrogens with one attached hydrogen (secondary N) is 1. The maximum absolute atomic E-state index is 13.1. The molecule has 1 fully saturated rings. The van der Waals surface area contributed by atoms with Crippen LogP contribution in [-0.4, -0.2) is 43.0 Å². The van der Waals surface area contributed by atoms with E-state index in [2.05, 4.69) is 5.32 Å². The van der Waals surface area contributed by atoms with Crippen molar-refractivity contribution in [3.8, 4) is 0 Å². The van der Waals surface area contributed by atoms with E-state index in [1.807, 2.05) is 0 Å². The van der Waals surface area contributed by atoms with E-state index in [0.29, 0.717) is 37.6 Å². The number of carbonyl (C=O) groups is 2. The van der Waals surface area contributed by atoms with Crippen LogP contribution in [0.25, 0.3) is 0 Å². The maximum atomic E-state index is 13.1. The first-order valence-corrected chi connectivity index (χ1v) is 8.16. The Hall–Kier alpha value is -2.44. The van der Waals surface area contributed by atoms with Crippen LogP contribution in [0.4, 0.5) is 10.1 Å². The van der Waals surface area contributed by atoms with Crippen LogP contribution < -0.4 is 5.32 Å². The molecule has 3 rings (SSSR count). The monoisotopic (exact) mass is 362 g/mol. The lowest BCUT2D eigenvalue weighted by Crippen LogP contribution is -2.40. The van der Waals surface area contributed by atoms with Gasteiger partial charge in [0.15, 0.2) is 0 Å². The van der Waals surface area contributed by atoms with Gasteiger partial charge in [-0.25, -0.2) is 4.39 Å². The highest BCUT2D eigenvalue weighted by molar-refractivity contribution is 6.34. The lowest BCUT2D eigenvalue weighted by atomic mass is 10.1. The molecule has 5 nitrogen and oxygen atoms in total. The second kappa shape index (κ2) is 7.63. The first-order valence-electron chi connectivity index (χ1n) is 7.78. The number of halogens is 2. The molecule has 0 spiro atoms. The van der Waals surface area contributed by atoms with E-state index in [-0.39, 0.29) is 16.5 Å². The molecule has 0 radical (unpaired) electrons. The second-order valence-corrected chi connectivity index (χ2v) is 5.97. The molecule has 7 heteroatoms. The van der Waals surface area contributed by atoms with Crippen molar-refractivity contribution in [3.05, 3.63) is 64.4 Å². The van der Waals surface area contributed by atoms with Crippen molar-refractivity contribution in [2.75, 3.05) is 31.6 Å². The van der Waals surface area contributed by atoms with Gasteiger partial charge in [0.25, 0.3) is 11.8 Å². The van der Waals surface area contributed by atoms with E-state index >= 15 is 0 Å². The van der Waals surface area contributed by atoms with Gasteiger partial charge in [-0.1, -0.05) is 11.6 Å². The molecule has 0 bridgehead atoms. The number of anilines is 1. The fraction of sp³-hybridized carbons (Fsp3) is 0.222. The van der Waals surface area contributed by atoms with Crippen LogP contribution in [0.3, 0.4) is 0 Å². The third-order valence-electron chi connectivity index (χ3n) is 3.86. The Balaban J connectivity index is 1.67. The molecule has 1 saturated heterocycles. The molecule has 1 N–H and O–H groups in total. The summed E-state index contributed by atoms with van der Waals surface area (Å²) in [7, 11) is 0. The van der Waals surface area contributed by atoms with Crippen molar-refractivity contribution < 1.29 is 18.7 Å². The Morgan fingerprint density at radius 3 is 2.40 bits per heavy atom. The minimum atomic E-state index is -0.507. The third-order valence-corrected chi connectivity index (χ3v) is 4.18. The Morgan fingerprint density at radius 2 is 1.76 bits per heavy atom. The molecule has 1 heterocycles. The number of carbonyl (C=O) groups excluding carboxylic acids is 2. The van der Waals surface area contributed by atoms with Crippen molar-refractivity contribution >= 4 is 29.1 Å². The third kappa shape index (κ3) is 4.15. The van der Waals surface area contributed by atoms with Gasteiger partial charge in [0.2, 0.25) is 0 Å².